The number of amides is 1. The predicted octanol–water partition coefficient (Wildman–Crippen LogP) is 4.24. The summed E-state index contributed by atoms with van der Waals surface area (Å²) in [6.07, 6.45) is 5.30. The summed E-state index contributed by atoms with van der Waals surface area (Å²) in [5, 5.41) is 0.906. The molecule has 0 bridgehead atoms. The molecule has 2 heterocycles. The van der Waals surface area contributed by atoms with E-state index in [0.717, 1.165) is 48.5 Å². The topological polar surface area (TPSA) is 38.1 Å². The van der Waals surface area contributed by atoms with Crippen molar-refractivity contribution in [3.8, 4) is 0 Å². The van der Waals surface area contributed by atoms with Gasteiger partial charge in [0.25, 0.3) is 0 Å². The molecular weight excluding hydrogens is 354 g/mol. The molecule has 1 aliphatic rings. The molecule has 0 aliphatic carbocycles. The summed E-state index contributed by atoms with van der Waals surface area (Å²) in [5.74, 6) is 0.874. The van der Waals surface area contributed by atoms with Gasteiger partial charge in [-0.25, -0.2) is 4.98 Å². The van der Waals surface area contributed by atoms with Crippen LogP contribution in [0.2, 0.25) is 0 Å². The van der Waals surface area contributed by atoms with Crippen LogP contribution in [-0.4, -0.2) is 39.7 Å². The number of hydrogen-bond acceptors (Lipinski definition) is 3. The lowest BCUT2D eigenvalue weighted by molar-refractivity contribution is -0.133. The number of hydrogen-bond donors (Lipinski definition) is 0. The van der Waals surface area contributed by atoms with Gasteiger partial charge in [0.15, 0.2) is 5.16 Å². The highest BCUT2D eigenvalue weighted by Gasteiger charge is 2.24. The van der Waals surface area contributed by atoms with Crippen molar-refractivity contribution in [3.05, 3.63) is 60.2 Å². The van der Waals surface area contributed by atoms with Crippen LogP contribution in [0.3, 0.4) is 0 Å². The van der Waals surface area contributed by atoms with Crippen molar-refractivity contribution >= 4 is 28.7 Å². The first-order valence-electron chi connectivity index (χ1n) is 9.55. The van der Waals surface area contributed by atoms with Crippen LogP contribution in [0.25, 0.3) is 11.0 Å². The van der Waals surface area contributed by atoms with Crippen LogP contribution in [0.4, 0.5) is 0 Å². The lowest BCUT2D eigenvalue weighted by atomic mass is 9.90. The van der Waals surface area contributed by atoms with Crippen LogP contribution in [-0.2, 0) is 17.8 Å². The van der Waals surface area contributed by atoms with Crippen molar-refractivity contribution in [1.29, 1.82) is 0 Å². The number of thioether (sulfide) groups is 1. The summed E-state index contributed by atoms with van der Waals surface area (Å²) < 4.78 is 2.05. The zero-order valence-corrected chi connectivity index (χ0v) is 16.5. The number of aromatic nitrogens is 2. The number of benzene rings is 2. The molecule has 1 aliphatic heterocycles. The summed E-state index contributed by atoms with van der Waals surface area (Å²) in [5.41, 5.74) is 3.39. The molecule has 4 rings (SSSR count). The van der Waals surface area contributed by atoms with Gasteiger partial charge < -0.3 is 9.47 Å². The van der Waals surface area contributed by atoms with E-state index in [1.807, 2.05) is 35.4 Å². The van der Waals surface area contributed by atoms with Crippen LogP contribution in [0.15, 0.2) is 59.8 Å². The van der Waals surface area contributed by atoms with Crippen molar-refractivity contribution in [3.63, 3.8) is 0 Å². The number of carbonyl (C=O) groups excluding carboxylic acids is 1. The molecule has 5 heteroatoms. The lowest BCUT2D eigenvalue weighted by Gasteiger charge is -2.32. The summed E-state index contributed by atoms with van der Waals surface area (Å²) in [6, 6.07) is 18.7. The monoisotopic (exact) mass is 379 g/mol. The standard InChI is InChI=1S/C22H25N3OS/c1-27-22-23-19-9-5-6-10-20(19)25(22)16-21(26)24-13-11-18(12-14-24)15-17-7-3-2-4-8-17/h2-10,18H,11-16H2,1H3. The van der Waals surface area contributed by atoms with Gasteiger partial charge in [0.2, 0.25) is 5.91 Å². The third kappa shape index (κ3) is 4.03. The molecule has 0 spiro atoms. The van der Waals surface area contributed by atoms with Gasteiger partial charge in [0.1, 0.15) is 6.54 Å². The number of para-hydroxylation sites is 2. The van der Waals surface area contributed by atoms with E-state index in [1.165, 1.54) is 5.56 Å². The average molecular weight is 380 g/mol. The Kier molecular flexibility index (Phi) is 5.48. The van der Waals surface area contributed by atoms with Gasteiger partial charge >= 0.3 is 0 Å². The van der Waals surface area contributed by atoms with Crippen LogP contribution in [0.5, 0.6) is 0 Å². The van der Waals surface area contributed by atoms with E-state index < -0.39 is 0 Å². The first-order chi connectivity index (χ1) is 13.2. The maximum atomic E-state index is 12.9. The van der Waals surface area contributed by atoms with E-state index in [0.29, 0.717) is 12.5 Å². The highest BCUT2D eigenvalue weighted by molar-refractivity contribution is 7.98. The van der Waals surface area contributed by atoms with Crippen LogP contribution >= 0.6 is 11.8 Å². The molecule has 1 fully saturated rings. The Morgan fingerprint density at radius 1 is 1.07 bits per heavy atom. The molecule has 3 aromatic rings. The molecule has 4 nitrogen and oxygen atoms in total. The Labute approximate surface area is 164 Å². The normalized spacial score (nSPS) is 15.4. The van der Waals surface area contributed by atoms with Crippen LogP contribution in [0, 0.1) is 5.92 Å². The minimum Gasteiger partial charge on any atom is -0.341 e. The molecule has 2 aromatic carbocycles. The fourth-order valence-electron chi connectivity index (χ4n) is 3.93. The number of carbonyl (C=O) groups is 1. The van der Waals surface area contributed by atoms with Gasteiger partial charge in [0, 0.05) is 13.1 Å². The molecule has 0 N–H and O–H groups in total. The second-order valence-electron chi connectivity index (χ2n) is 7.19. The number of fused-ring (bicyclic) bond motifs is 1. The fraction of sp³-hybridized carbons (Fsp3) is 0.364. The SMILES string of the molecule is CSc1nc2ccccc2n1CC(=O)N1CCC(Cc2ccccc2)CC1. The van der Waals surface area contributed by atoms with Gasteiger partial charge in [-0.2, -0.15) is 0 Å². The Hall–Kier alpha value is -2.27. The number of piperidine rings is 1. The first-order valence-corrected chi connectivity index (χ1v) is 10.8. The zero-order chi connectivity index (χ0) is 18.6. The smallest absolute Gasteiger partial charge is 0.242 e. The molecule has 27 heavy (non-hydrogen) atoms. The van der Waals surface area contributed by atoms with Crippen molar-refractivity contribution < 1.29 is 4.79 Å². The Morgan fingerprint density at radius 2 is 1.78 bits per heavy atom. The minimum absolute atomic E-state index is 0.201. The van der Waals surface area contributed by atoms with Gasteiger partial charge in [-0.1, -0.05) is 54.2 Å². The molecule has 0 atom stereocenters. The largest absolute Gasteiger partial charge is 0.341 e. The van der Waals surface area contributed by atoms with E-state index in [9.17, 15) is 4.79 Å². The van der Waals surface area contributed by atoms with E-state index in [1.54, 1.807) is 11.8 Å². The highest BCUT2D eigenvalue weighted by Crippen LogP contribution is 2.24. The quantitative estimate of drug-likeness (QED) is 0.623. The zero-order valence-electron chi connectivity index (χ0n) is 15.7. The van der Waals surface area contributed by atoms with Crippen molar-refractivity contribution in [2.75, 3.05) is 19.3 Å². The van der Waals surface area contributed by atoms with E-state index in [2.05, 4.69) is 39.9 Å². The Morgan fingerprint density at radius 3 is 2.52 bits per heavy atom. The van der Waals surface area contributed by atoms with Gasteiger partial charge in [0.05, 0.1) is 11.0 Å². The van der Waals surface area contributed by atoms with E-state index in [-0.39, 0.29) is 5.91 Å². The summed E-state index contributed by atoms with van der Waals surface area (Å²) in [7, 11) is 0. The van der Waals surface area contributed by atoms with Crippen molar-refractivity contribution in [1.82, 2.24) is 14.5 Å². The third-order valence-electron chi connectivity index (χ3n) is 5.43. The van der Waals surface area contributed by atoms with E-state index >= 15 is 0 Å². The Balaban J connectivity index is 1.39. The predicted molar refractivity (Wildman–Crippen MR) is 111 cm³/mol. The number of likely N-dealkylation sites (tertiary alicyclic amines) is 1. The van der Waals surface area contributed by atoms with E-state index in [4.69, 9.17) is 0 Å². The number of rotatable bonds is 5. The molecular formula is C22H25N3OS. The van der Waals surface area contributed by atoms with Gasteiger partial charge in [-0.05, 0) is 49.1 Å². The molecule has 0 radical (unpaired) electrons. The Bertz CT molecular complexity index is 914. The second kappa shape index (κ2) is 8.17. The first kappa shape index (κ1) is 18.1. The lowest BCUT2D eigenvalue weighted by Crippen LogP contribution is -2.40. The summed E-state index contributed by atoms with van der Waals surface area (Å²) in [4.78, 5) is 19.6. The fourth-order valence-corrected chi connectivity index (χ4v) is 4.50. The average Bonchev–Trinajstić information content (AvgIpc) is 3.07. The van der Waals surface area contributed by atoms with Crippen LogP contribution < -0.4 is 0 Å². The molecule has 0 unspecified atom stereocenters. The molecule has 1 amide bonds. The second-order valence-corrected chi connectivity index (χ2v) is 7.96. The maximum Gasteiger partial charge on any atom is 0.242 e. The number of imidazole rings is 1. The third-order valence-corrected chi connectivity index (χ3v) is 6.11. The van der Waals surface area contributed by atoms with Crippen molar-refractivity contribution in [2.45, 2.75) is 31.0 Å². The molecule has 1 saturated heterocycles. The van der Waals surface area contributed by atoms with Crippen LogP contribution in [0.1, 0.15) is 18.4 Å². The number of nitrogens with zero attached hydrogens (tertiary/aromatic N) is 3. The molecule has 140 valence electrons. The summed E-state index contributed by atoms with van der Waals surface area (Å²) >= 11 is 1.59. The van der Waals surface area contributed by atoms with Gasteiger partial charge in [-0.3, -0.25) is 4.79 Å². The minimum atomic E-state index is 0.201. The summed E-state index contributed by atoms with van der Waals surface area (Å²) in [6.45, 7) is 2.09. The highest BCUT2D eigenvalue weighted by atomic mass is 32.2. The molecule has 1 aromatic heterocycles. The maximum absolute atomic E-state index is 12.9. The van der Waals surface area contributed by atoms with Gasteiger partial charge in [-0.15, -0.1) is 0 Å². The molecule has 0 saturated carbocycles. The van der Waals surface area contributed by atoms with Crippen molar-refractivity contribution in [2.24, 2.45) is 5.92 Å².